The number of oxazole rings is 1. The molecule has 0 spiro atoms. The second-order valence-electron chi connectivity index (χ2n) is 7.48. The van der Waals surface area contributed by atoms with E-state index in [-0.39, 0.29) is 5.91 Å². The molecule has 2 aromatic rings. The Morgan fingerprint density at radius 1 is 1.11 bits per heavy atom. The molecular formula is C21H27N3O3. The number of ether oxygens (including phenoxy) is 1. The van der Waals surface area contributed by atoms with Gasteiger partial charge in [0.1, 0.15) is 5.75 Å². The molecule has 3 heterocycles. The van der Waals surface area contributed by atoms with E-state index >= 15 is 0 Å². The van der Waals surface area contributed by atoms with Gasteiger partial charge in [-0.15, -0.1) is 0 Å². The fraction of sp³-hybridized carbons (Fsp3) is 0.524. The van der Waals surface area contributed by atoms with Gasteiger partial charge in [-0.05, 0) is 74.9 Å². The number of nitrogens with zero attached hydrogens (tertiary/aromatic N) is 2. The minimum Gasteiger partial charge on any atom is -0.497 e. The number of piperidine rings is 2. The third kappa shape index (κ3) is 3.86. The second-order valence-corrected chi connectivity index (χ2v) is 7.48. The van der Waals surface area contributed by atoms with Gasteiger partial charge in [0.15, 0.2) is 17.8 Å². The van der Waals surface area contributed by atoms with Gasteiger partial charge in [0, 0.05) is 18.7 Å². The fourth-order valence-electron chi connectivity index (χ4n) is 4.39. The summed E-state index contributed by atoms with van der Waals surface area (Å²) in [4.78, 5) is 19.2. The molecule has 0 radical (unpaired) electrons. The summed E-state index contributed by atoms with van der Waals surface area (Å²) in [5.74, 6) is 2.83. The number of hydrogen-bond donors (Lipinski definition) is 1. The van der Waals surface area contributed by atoms with Crippen LogP contribution in [0.2, 0.25) is 0 Å². The Kier molecular flexibility index (Phi) is 5.43. The van der Waals surface area contributed by atoms with E-state index in [9.17, 15) is 4.79 Å². The molecule has 1 aromatic carbocycles. The van der Waals surface area contributed by atoms with Crippen molar-refractivity contribution in [3.63, 3.8) is 0 Å². The van der Waals surface area contributed by atoms with Gasteiger partial charge in [0.05, 0.1) is 7.11 Å². The van der Waals surface area contributed by atoms with Crippen LogP contribution in [0, 0.1) is 11.8 Å². The highest BCUT2D eigenvalue weighted by Crippen LogP contribution is 2.32. The Bertz CT molecular complexity index is 757. The molecule has 0 unspecified atom stereocenters. The third-order valence-corrected chi connectivity index (χ3v) is 6.00. The molecule has 144 valence electrons. The Morgan fingerprint density at radius 2 is 1.78 bits per heavy atom. The highest BCUT2D eigenvalue weighted by atomic mass is 16.5. The van der Waals surface area contributed by atoms with Crippen molar-refractivity contribution in [1.29, 1.82) is 0 Å². The number of methoxy groups -OCH3 is 1. The molecule has 2 saturated heterocycles. The molecule has 2 aliphatic heterocycles. The SMILES string of the molecule is COc1ccc(-c2ocnc2C(=O)N2CCC(C3CCNCC3)CC2)cc1. The molecule has 1 aromatic heterocycles. The minimum atomic E-state index is -0.0293. The molecule has 6 heteroatoms. The number of carbonyl (C=O) groups is 1. The molecule has 0 aliphatic carbocycles. The molecular weight excluding hydrogens is 342 g/mol. The second kappa shape index (κ2) is 8.13. The van der Waals surface area contributed by atoms with Crippen molar-refractivity contribution in [2.24, 2.45) is 11.8 Å². The van der Waals surface area contributed by atoms with E-state index in [1.807, 2.05) is 29.2 Å². The number of amides is 1. The smallest absolute Gasteiger partial charge is 0.276 e. The van der Waals surface area contributed by atoms with Gasteiger partial charge in [-0.25, -0.2) is 4.98 Å². The van der Waals surface area contributed by atoms with E-state index in [4.69, 9.17) is 9.15 Å². The minimum absolute atomic E-state index is 0.0293. The number of likely N-dealkylation sites (tertiary alicyclic amines) is 1. The van der Waals surface area contributed by atoms with E-state index in [1.54, 1.807) is 7.11 Å². The van der Waals surface area contributed by atoms with Crippen molar-refractivity contribution in [2.45, 2.75) is 25.7 Å². The molecule has 2 fully saturated rings. The Balaban J connectivity index is 1.42. The summed E-state index contributed by atoms with van der Waals surface area (Å²) >= 11 is 0. The lowest BCUT2D eigenvalue weighted by Crippen LogP contribution is -2.42. The zero-order valence-electron chi connectivity index (χ0n) is 15.8. The van der Waals surface area contributed by atoms with Crippen LogP contribution in [-0.4, -0.2) is 49.1 Å². The van der Waals surface area contributed by atoms with Crippen LogP contribution < -0.4 is 10.1 Å². The number of nitrogens with one attached hydrogen (secondary N) is 1. The first kappa shape index (κ1) is 18.0. The summed E-state index contributed by atoms with van der Waals surface area (Å²) in [6.07, 6.45) is 6.07. The zero-order valence-corrected chi connectivity index (χ0v) is 15.8. The van der Waals surface area contributed by atoms with Crippen LogP contribution in [0.1, 0.15) is 36.2 Å². The predicted molar refractivity (Wildman–Crippen MR) is 103 cm³/mol. The molecule has 4 rings (SSSR count). The molecule has 0 bridgehead atoms. The Hall–Kier alpha value is -2.34. The van der Waals surface area contributed by atoms with Crippen molar-refractivity contribution in [2.75, 3.05) is 33.3 Å². The number of hydrogen-bond acceptors (Lipinski definition) is 5. The van der Waals surface area contributed by atoms with Crippen molar-refractivity contribution in [3.05, 3.63) is 36.4 Å². The van der Waals surface area contributed by atoms with Crippen LogP contribution in [0.3, 0.4) is 0 Å². The van der Waals surface area contributed by atoms with Gasteiger partial charge in [0.25, 0.3) is 5.91 Å². The van der Waals surface area contributed by atoms with Gasteiger partial charge in [-0.3, -0.25) is 4.79 Å². The van der Waals surface area contributed by atoms with Gasteiger partial charge in [0.2, 0.25) is 0 Å². The average molecular weight is 369 g/mol. The molecule has 0 saturated carbocycles. The molecule has 2 aliphatic rings. The molecule has 6 nitrogen and oxygen atoms in total. The largest absolute Gasteiger partial charge is 0.497 e. The van der Waals surface area contributed by atoms with Gasteiger partial charge >= 0.3 is 0 Å². The molecule has 1 N–H and O–H groups in total. The van der Waals surface area contributed by atoms with E-state index < -0.39 is 0 Å². The van der Waals surface area contributed by atoms with E-state index in [0.29, 0.717) is 11.5 Å². The van der Waals surface area contributed by atoms with Crippen molar-refractivity contribution >= 4 is 5.91 Å². The quantitative estimate of drug-likeness (QED) is 0.896. The molecule has 0 atom stereocenters. The van der Waals surface area contributed by atoms with Crippen molar-refractivity contribution < 1.29 is 13.9 Å². The average Bonchev–Trinajstić information content (AvgIpc) is 3.24. The normalized spacial score (nSPS) is 19.2. The first-order chi connectivity index (χ1) is 13.3. The highest BCUT2D eigenvalue weighted by molar-refractivity contribution is 5.97. The Labute approximate surface area is 159 Å². The van der Waals surface area contributed by atoms with Gasteiger partial charge in [-0.1, -0.05) is 0 Å². The fourth-order valence-corrected chi connectivity index (χ4v) is 4.39. The maximum Gasteiger partial charge on any atom is 0.276 e. The number of rotatable bonds is 4. The van der Waals surface area contributed by atoms with Crippen molar-refractivity contribution in [1.82, 2.24) is 15.2 Å². The monoisotopic (exact) mass is 369 g/mol. The van der Waals surface area contributed by atoms with Crippen molar-refractivity contribution in [3.8, 4) is 17.1 Å². The summed E-state index contributed by atoms with van der Waals surface area (Å²) in [5.41, 5.74) is 1.24. The van der Waals surface area contributed by atoms with Crippen LogP contribution in [0.5, 0.6) is 5.75 Å². The predicted octanol–water partition coefficient (Wildman–Crippen LogP) is 3.20. The maximum absolute atomic E-state index is 13.0. The van der Waals surface area contributed by atoms with Gasteiger partial charge in [-0.2, -0.15) is 0 Å². The summed E-state index contributed by atoms with van der Waals surface area (Å²) in [5, 5.41) is 3.44. The number of carbonyl (C=O) groups excluding carboxylic acids is 1. The lowest BCUT2D eigenvalue weighted by molar-refractivity contribution is 0.0637. The summed E-state index contributed by atoms with van der Waals surface area (Å²) < 4.78 is 10.7. The lowest BCUT2D eigenvalue weighted by atomic mass is 9.79. The zero-order chi connectivity index (χ0) is 18.6. The first-order valence-electron chi connectivity index (χ1n) is 9.84. The van der Waals surface area contributed by atoms with Crippen LogP contribution in [0.25, 0.3) is 11.3 Å². The first-order valence-corrected chi connectivity index (χ1v) is 9.84. The lowest BCUT2D eigenvalue weighted by Gasteiger charge is -2.37. The van der Waals surface area contributed by atoms with E-state index in [0.717, 1.165) is 62.2 Å². The van der Waals surface area contributed by atoms with Crippen LogP contribution >= 0.6 is 0 Å². The van der Waals surface area contributed by atoms with E-state index in [2.05, 4.69) is 10.3 Å². The van der Waals surface area contributed by atoms with Gasteiger partial charge < -0.3 is 19.4 Å². The highest BCUT2D eigenvalue weighted by Gasteiger charge is 2.31. The summed E-state index contributed by atoms with van der Waals surface area (Å²) in [7, 11) is 1.63. The Morgan fingerprint density at radius 3 is 2.44 bits per heavy atom. The van der Waals surface area contributed by atoms with Crippen LogP contribution in [0.15, 0.2) is 35.1 Å². The molecule has 27 heavy (non-hydrogen) atoms. The van der Waals surface area contributed by atoms with Crippen LogP contribution in [0.4, 0.5) is 0 Å². The maximum atomic E-state index is 13.0. The number of aromatic nitrogens is 1. The summed E-state index contributed by atoms with van der Waals surface area (Å²) in [6, 6.07) is 7.49. The number of benzene rings is 1. The van der Waals surface area contributed by atoms with Crippen LogP contribution in [-0.2, 0) is 0 Å². The molecule has 1 amide bonds. The standard InChI is InChI=1S/C21H27N3O3/c1-26-18-4-2-17(3-5-18)20-19(23-14-27-20)21(25)24-12-8-16(9-13-24)15-6-10-22-11-7-15/h2-5,14-16,22H,6-13H2,1H3. The van der Waals surface area contributed by atoms with E-state index in [1.165, 1.54) is 19.2 Å². The third-order valence-electron chi connectivity index (χ3n) is 6.00. The summed E-state index contributed by atoms with van der Waals surface area (Å²) in [6.45, 7) is 3.88. The topological polar surface area (TPSA) is 67.6 Å².